The zero-order valence-corrected chi connectivity index (χ0v) is 20.9. The number of aryl methyl sites for hydroxylation is 1. The topological polar surface area (TPSA) is 143 Å². The highest BCUT2D eigenvalue weighted by Crippen LogP contribution is 2.34. The van der Waals surface area contributed by atoms with E-state index in [2.05, 4.69) is 67.8 Å². The molecule has 5 rings (SSSR count). The lowest BCUT2D eigenvalue weighted by atomic mass is 9.98. The number of rotatable bonds is 7. The smallest absolute Gasteiger partial charge is 0.220 e. The van der Waals surface area contributed by atoms with Crippen molar-refractivity contribution in [1.82, 2.24) is 0 Å². The van der Waals surface area contributed by atoms with Gasteiger partial charge in [0.05, 0.1) is 28.4 Å². The Morgan fingerprint density at radius 3 is 2.47 bits per heavy atom. The molecule has 0 aliphatic heterocycles. The van der Waals surface area contributed by atoms with E-state index in [-0.39, 0.29) is 5.96 Å². The van der Waals surface area contributed by atoms with Gasteiger partial charge in [0.25, 0.3) is 0 Å². The molecule has 0 atom stereocenters. The highest BCUT2D eigenvalue weighted by molar-refractivity contribution is 6.10. The molecule has 0 aliphatic carbocycles. The summed E-state index contributed by atoms with van der Waals surface area (Å²) in [6.07, 6.45) is 1.55. The van der Waals surface area contributed by atoms with E-state index in [4.69, 9.17) is 17.2 Å². The molecule has 7 N–H and O–H groups in total. The molecule has 9 nitrogen and oxygen atoms in total. The fourth-order valence-electron chi connectivity index (χ4n) is 4.52. The number of hydrogen-bond acceptors (Lipinski definition) is 5. The van der Waals surface area contributed by atoms with Crippen molar-refractivity contribution >= 4 is 50.9 Å². The van der Waals surface area contributed by atoms with Gasteiger partial charge in [-0.15, -0.1) is 10.2 Å². The first-order valence-corrected chi connectivity index (χ1v) is 12.2. The second kappa shape index (κ2) is 10.8. The summed E-state index contributed by atoms with van der Waals surface area (Å²) in [5, 5.41) is 19.5. The van der Waals surface area contributed by atoms with E-state index in [1.54, 1.807) is 6.21 Å². The zero-order chi connectivity index (χ0) is 26.5. The molecule has 1 heterocycles. The molecule has 0 radical (unpaired) electrons. The Labute approximate surface area is 220 Å². The molecule has 188 valence electrons. The minimum atomic E-state index is -0.100. The predicted octanol–water partition coefficient (Wildman–Crippen LogP) is 5.27. The van der Waals surface area contributed by atoms with Crippen molar-refractivity contribution < 1.29 is 4.57 Å². The molecule has 1 aromatic heterocycles. The number of nitrogens with one attached hydrogen (secondary N) is 1. The van der Waals surface area contributed by atoms with Crippen LogP contribution in [0.2, 0.25) is 0 Å². The molecule has 0 saturated carbocycles. The third-order valence-corrected chi connectivity index (χ3v) is 6.11. The van der Waals surface area contributed by atoms with Crippen LogP contribution in [0.1, 0.15) is 12.5 Å². The number of fused-ring (bicyclic) bond motifs is 3. The monoisotopic (exact) mass is 502 g/mol. The number of hydrogen-bond donors (Lipinski definition) is 4. The predicted molar refractivity (Wildman–Crippen MR) is 155 cm³/mol. The van der Waals surface area contributed by atoms with Gasteiger partial charge in [0.15, 0.2) is 0 Å². The molecule has 5 aromatic rings. The molecule has 0 saturated heterocycles. The van der Waals surface area contributed by atoms with Crippen LogP contribution in [0.3, 0.4) is 0 Å². The summed E-state index contributed by atoms with van der Waals surface area (Å²) in [4.78, 5) is 0. The Kier molecular flexibility index (Phi) is 6.90. The molecule has 4 aromatic carbocycles. The van der Waals surface area contributed by atoms with Gasteiger partial charge in [0, 0.05) is 22.7 Å². The Bertz CT molecular complexity index is 1700. The number of guanidine groups is 1. The third kappa shape index (κ3) is 5.12. The van der Waals surface area contributed by atoms with Gasteiger partial charge in [0.1, 0.15) is 6.54 Å². The van der Waals surface area contributed by atoms with Crippen molar-refractivity contribution in [2.45, 2.75) is 13.5 Å². The maximum Gasteiger partial charge on any atom is 0.220 e. The Hall–Kier alpha value is -5.31. The van der Waals surface area contributed by atoms with Crippen LogP contribution < -0.4 is 27.2 Å². The van der Waals surface area contributed by atoms with Crippen molar-refractivity contribution in [1.29, 1.82) is 0 Å². The third-order valence-electron chi connectivity index (χ3n) is 6.11. The minimum absolute atomic E-state index is 0.100. The maximum absolute atomic E-state index is 6.18. The molecule has 0 bridgehead atoms. The van der Waals surface area contributed by atoms with Crippen LogP contribution in [0, 0.1) is 0 Å². The molecular weight excluding hydrogens is 474 g/mol. The lowest BCUT2D eigenvalue weighted by Gasteiger charge is -2.12. The summed E-state index contributed by atoms with van der Waals surface area (Å²) in [5.74, 6) is -0.100. The second-order valence-electron chi connectivity index (χ2n) is 8.67. The van der Waals surface area contributed by atoms with Crippen LogP contribution in [0.5, 0.6) is 0 Å². The van der Waals surface area contributed by atoms with Gasteiger partial charge in [-0.2, -0.15) is 9.67 Å². The highest BCUT2D eigenvalue weighted by Gasteiger charge is 2.22. The average molecular weight is 503 g/mol. The standard InChI is InChI=1S/C29H27N9/c1-2-38-27-16-21(30)11-13-25(27)24-14-12-23(17-26(24)28(38)20-8-4-3-5-9-20)35-37-34-22-10-6-7-19(15-22)18-33-36-29(31)32/h3-18,30H,2H2,1H3,(H5,31,32,34,35,36)/p+1/b33-18+. The lowest BCUT2D eigenvalue weighted by molar-refractivity contribution is -0.655. The van der Waals surface area contributed by atoms with Crippen LogP contribution >= 0.6 is 0 Å². The van der Waals surface area contributed by atoms with Gasteiger partial charge < -0.3 is 17.2 Å². The molecular formula is C29H28N9+. The Balaban J connectivity index is 1.54. The van der Waals surface area contributed by atoms with Gasteiger partial charge >= 0.3 is 0 Å². The SMILES string of the molecule is CC[n+]1c(-c2ccccc2)c2cc(N=NNc3cccc(/C=N/N=C(N)N)c3)ccc2c2ccc(N)cc21. The summed E-state index contributed by atoms with van der Waals surface area (Å²) < 4.78 is 2.30. The summed E-state index contributed by atoms with van der Waals surface area (Å²) >= 11 is 0. The molecule has 0 aliphatic rings. The van der Waals surface area contributed by atoms with Gasteiger partial charge in [-0.3, -0.25) is 5.43 Å². The molecule has 0 amide bonds. The molecule has 9 heteroatoms. The summed E-state index contributed by atoms with van der Waals surface area (Å²) in [6, 6.07) is 30.1. The van der Waals surface area contributed by atoms with Gasteiger partial charge in [-0.05, 0) is 61.0 Å². The number of nitrogen functional groups attached to an aromatic ring is 1. The second-order valence-corrected chi connectivity index (χ2v) is 8.67. The quantitative estimate of drug-likeness (QED) is 0.0457. The van der Waals surface area contributed by atoms with Gasteiger partial charge in [-0.25, -0.2) is 0 Å². The van der Waals surface area contributed by atoms with Crippen LogP contribution in [0.25, 0.3) is 32.9 Å². The van der Waals surface area contributed by atoms with E-state index in [0.29, 0.717) is 0 Å². The maximum atomic E-state index is 6.18. The van der Waals surface area contributed by atoms with E-state index in [1.165, 1.54) is 0 Å². The van der Waals surface area contributed by atoms with Crippen LogP contribution in [-0.2, 0) is 6.54 Å². The average Bonchev–Trinajstić information content (AvgIpc) is 2.92. The first-order chi connectivity index (χ1) is 18.5. The van der Waals surface area contributed by atoms with Crippen molar-refractivity contribution in [3.8, 4) is 11.3 Å². The fraction of sp³-hybridized carbons (Fsp3) is 0.0690. The van der Waals surface area contributed by atoms with Crippen molar-refractivity contribution in [2.24, 2.45) is 32.0 Å². The number of anilines is 2. The lowest BCUT2D eigenvalue weighted by Crippen LogP contribution is -2.36. The Morgan fingerprint density at radius 2 is 1.68 bits per heavy atom. The van der Waals surface area contributed by atoms with E-state index < -0.39 is 0 Å². The number of pyridine rings is 1. The summed E-state index contributed by atoms with van der Waals surface area (Å²) in [7, 11) is 0. The van der Waals surface area contributed by atoms with Gasteiger partial charge in [-0.1, -0.05) is 41.6 Å². The first kappa shape index (κ1) is 24.4. The van der Waals surface area contributed by atoms with Crippen molar-refractivity contribution in [2.75, 3.05) is 11.2 Å². The van der Waals surface area contributed by atoms with Crippen LogP contribution in [0.15, 0.2) is 112 Å². The highest BCUT2D eigenvalue weighted by atomic mass is 15.4. The van der Waals surface area contributed by atoms with Crippen LogP contribution in [0.4, 0.5) is 17.1 Å². The molecule has 0 unspecified atom stereocenters. The largest absolute Gasteiger partial charge is 0.399 e. The van der Waals surface area contributed by atoms with Crippen molar-refractivity contribution in [3.05, 3.63) is 96.6 Å². The normalized spacial score (nSPS) is 11.5. The molecule has 0 fully saturated rings. The molecule has 0 spiro atoms. The zero-order valence-electron chi connectivity index (χ0n) is 20.9. The van der Waals surface area contributed by atoms with Crippen molar-refractivity contribution in [3.63, 3.8) is 0 Å². The Morgan fingerprint density at radius 1 is 0.868 bits per heavy atom. The minimum Gasteiger partial charge on any atom is -0.399 e. The molecule has 38 heavy (non-hydrogen) atoms. The number of benzene rings is 4. The van der Waals surface area contributed by atoms with Crippen LogP contribution in [-0.4, -0.2) is 12.2 Å². The van der Waals surface area contributed by atoms with E-state index >= 15 is 0 Å². The summed E-state index contributed by atoms with van der Waals surface area (Å²) in [6.45, 7) is 2.93. The first-order valence-electron chi connectivity index (χ1n) is 12.2. The van der Waals surface area contributed by atoms with E-state index in [9.17, 15) is 0 Å². The van der Waals surface area contributed by atoms with E-state index in [0.717, 1.165) is 62.1 Å². The number of nitrogens with two attached hydrogens (primary N) is 3. The van der Waals surface area contributed by atoms with Gasteiger partial charge in [0.2, 0.25) is 17.2 Å². The number of aromatic nitrogens is 1. The fourth-order valence-corrected chi connectivity index (χ4v) is 4.52. The summed E-state index contributed by atoms with van der Waals surface area (Å²) in [5.41, 5.74) is 26.1. The number of nitrogens with zero attached hydrogens (tertiary/aromatic N) is 5. The van der Waals surface area contributed by atoms with E-state index in [1.807, 2.05) is 60.7 Å².